The third-order valence-corrected chi connectivity index (χ3v) is 17.8. The van der Waals surface area contributed by atoms with E-state index in [4.69, 9.17) is 13.9 Å². The molecule has 0 bridgehead atoms. The van der Waals surface area contributed by atoms with Crippen molar-refractivity contribution >= 4 is 37.1 Å². The van der Waals surface area contributed by atoms with Crippen molar-refractivity contribution in [2.24, 2.45) is 5.92 Å². The second kappa shape index (κ2) is 22.2. The van der Waals surface area contributed by atoms with E-state index in [-0.39, 0.29) is 53.2 Å². The molecule has 1 amide bonds. The Balaban J connectivity index is 1.12. The van der Waals surface area contributed by atoms with E-state index in [9.17, 15) is 29.4 Å². The fourth-order valence-corrected chi connectivity index (χ4v) is 9.68. The number of rotatable bonds is 19. The summed E-state index contributed by atoms with van der Waals surface area (Å²) in [5.74, 6) is -0.814. The van der Waals surface area contributed by atoms with Crippen LogP contribution in [0, 0.1) is 5.92 Å². The highest BCUT2D eigenvalue weighted by molar-refractivity contribution is 6.74. The molecule has 3 N–H and O–H groups in total. The Morgan fingerprint density at radius 3 is 2.15 bits per heavy atom. The molecule has 1 aliphatic heterocycles. The molecular weight excluding hydrogens is 875 g/mol. The zero-order chi connectivity index (χ0) is 49.3. The number of phenols is 1. The summed E-state index contributed by atoms with van der Waals surface area (Å²) in [5.41, 5.74) is 0.0302. The maximum Gasteiger partial charge on any atom is 0.410 e. The highest BCUT2D eigenvalue weighted by Gasteiger charge is 2.43. The van der Waals surface area contributed by atoms with Gasteiger partial charge in [-0.25, -0.2) is 9.59 Å². The molecule has 0 spiro atoms. The number of aromatic nitrogens is 1. The highest BCUT2D eigenvalue weighted by atomic mass is 28.4. The van der Waals surface area contributed by atoms with Crippen LogP contribution in [0.1, 0.15) is 119 Å². The van der Waals surface area contributed by atoms with Gasteiger partial charge in [-0.05, 0) is 118 Å². The number of fused-ring (bicyclic) bond motifs is 1. The smallest absolute Gasteiger partial charge is 0.410 e. The summed E-state index contributed by atoms with van der Waals surface area (Å²) < 4.78 is 18.9. The van der Waals surface area contributed by atoms with Crippen LogP contribution in [-0.4, -0.2) is 89.5 Å². The van der Waals surface area contributed by atoms with Gasteiger partial charge in [0.05, 0.1) is 24.8 Å². The number of Topliss-reactive ketones (excluding diaryl/α,β-unsaturated/α-hetero) is 1. The number of benzene rings is 4. The zero-order valence-corrected chi connectivity index (χ0v) is 42.2. The average molecular weight is 946 g/mol. The van der Waals surface area contributed by atoms with E-state index in [0.717, 1.165) is 38.0 Å². The number of carbonyl (C=O) groups is 3. The normalized spacial score (nSPS) is 15.4. The number of amides is 1. The second-order valence-electron chi connectivity index (χ2n) is 20.8. The number of nitrogens with zero attached hydrogens (tertiary/aromatic N) is 2. The van der Waals surface area contributed by atoms with Gasteiger partial charge in [0.1, 0.15) is 11.4 Å². The first-order valence-corrected chi connectivity index (χ1v) is 26.9. The van der Waals surface area contributed by atoms with Crippen LogP contribution in [-0.2, 0) is 30.8 Å². The molecule has 4 aromatic carbocycles. The molecule has 1 unspecified atom stereocenters. The first-order valence-electron chi connectivity index (χ1n) is 24.0. The number of likely N-dealkylation sites (tertiary alicyclic amines) is 1. The molecule has 0 saturated carbocycles. The topological polar surface area (TPSA) is 159 Å². The number of H-pyrrole nitrogens is 1. The summed E-state index contributed by atoms with van der Waals surface area (Å²) in [6.07, 6.45) is 2.55. The van der Waals surface area contributed by atoms with Crippen molar-refractivity contribution < 1.29 is 38.5 Å². The largest absolute Gasteiger partial charge is 0.506 e. The Labute approximate surface area is 402 Å². The number of phenolic OH excluding ortho intramolecular Hbond substituents is 1. The molecular formula is C55H71N3O9Si. The van der Waals surface area contributed by atoms with E-state index in [2.05, 4.69) is 55.9 Å². The van der Waals surface area contributed by atoms with E-state index < -0.39 is 37.7 Å². The van der Waals surface area contributed by atoms with E-state index in [0.29, 0.717) is 47.8 Å². The van der Waals surface area contributed by atoms with Gasteiger partial charge in [-0.15, -0.1) is 0 Å². The fraction of sp³-hybridized carbons (Fsp3) is 0.455. The van der Waals surface area contributed by atoms with Crippen LogP contribution in [0.25, 0.3) is 10.9 Å². The molecule has 2 heterocycles. The molecule has 1 aromatic heterocycles. The number of aliphatic hydroxyl groups is 1. The van der Waals surface area contributed by atoms with Gasteiger partial charge in [0.2, 0.25) is 11.2 Å². The summed E-state index contributed by atoms with van der Waals surface area (Å²) in [4.78, 5) is 60.9. The van der Waals surface area contributed by atoms with Gasteiger partial charge < -0.3 is 34.0 Å². The summed E-state index contributed by atoms with van der Waals surface area (Å²) in [6, 6.07) is 32.1. The number of aromatic amines is 1. The number of hydrogen-bond donors (Lipinski definition) is 3. The monoisotopic (exact) mass is 945 g/mol. The number of nitrogens with one attached hydrogen (secondary N) is 1. The first kappa shape index (κ1) is 51.8. The van der Waals surface area contributed by atoms with Crippen LogP contribution in [0.4, 0.5) is 4.79 Å². The minimum Gasteiger partial charge on any atom is -0.506 e. The molecule has 68 heavy (non-hydrogen) atoms. The number of hydrogen-bond acceptors (Lipinski definition) is 10. The van der Waals surface area contributed by atoms with E-state index in [1.54, 1.807) is 65.6 Å². The summed E-state index contributed by atoms with van der Waals surface area (Å²) in [7, 11) is -2.46. The number of aromatic hydroxyl groups is 1. The molecule has 12 nitrogen and oxygen atoms in total. The third kappa shape index (κ3) is 13.3. The van der Waals surface area contributed by atoms with Crippen LogP contribution in [0.15, 0.2) is 114 Å². The van der Waals surface area contributed by atoms with E-state index in [1.165, 1.54) is 17.7 Å². The number of ether oxygens (including phenoxy) is 2. The summed E-state index contributed by atoms with van der Waals surface area (Å²) >= 11 is 0. The molecule has 6 rings (SSSR count). The number of piperidine rings is 1. The Morgan fingerprint density at radius 2 is 1.49 bits per heavy atom. The fourth-order valence-electron chi connectivity index (χ4n) is 8.41. The SMILES string of the molecule is CC(C)(C)OC(=O)N(CCCCCC(=O)c1cccc(C(O)(C(=O)OCC2CCN(Cc3ccccc3)CC2)c2ccccc2)c1)C[C@H](O[Si](C)(C)C(C)(C)C)c1ccc(O)c2[nH]c(=O)ccc12. The number of esters is 1. The molecule has 1 fully saturated rings. The molecule has 0 radical (unpaired) electrons. The molecule has 1 saturated heterocycles. The highest BCUT2D eigenvalue weighted by Crippen LogP contribution is 2.42. The first-order chi connectivity index (χ1) is 32.1. The molecule has 1 aliphatic rings. The lowest BCUT2D eigenvalue weighted by Crippen LogP contribution is -2.46. The Morgan fingerprint density at radius 1 is 0.824 bits per heavy atom. The predicted octanol–water partition coefficient (Wildman–Crippen LogP) is 10.7. The lowest BCUT2D eigenvalue weighted by molar-refractivity contribution is -0.164. The van der Waals surface area contributed by atoms with Gasteiger partial charge >= 0.3 is 12.1 Å². The molecule has 5 aromatic rings. The lowest BCUT2D eigenvalue weighted by atomic mass is 9.85. The summed E-state index contributed by atoms with van der Waals surface area (Å²) in [5, 5.41) is 23.5. The van der Waals surface area contributed by atoms with E-state index >= 15 is 0 Å². The molecule has 13 heteroatoms. The van der Waals surface area contributed by atoms with Gasteiger partial charge in [-0.1, -0.05) is 112 Å². The van der Waals surface area contributed by atoms with Crippen molar-refractivity contribution in [1.82, 2.24) is 14.8 Å². The van der Waals surface area contributed by atoms with Crippen molar-refractivity contribution in [3.05, 3.63) is 147 Å². The third-order valence-electron chi connectivity index (χ3n) is 13.4. The standard InChI is InChI=1S/C55H71N3O9Si/c1-53(2,3)66-52(63)58(37-48(67-68(7,8)54(4,5)6)44-26-28-47(60)50-45(44)27-29-49(61)56-50)32-17-11-16-25-46(59)41-21-18-24-43(35-41)55(64,42-22-14-10-15-23-42)51(62)65-38-40-30-33-57(34-31-40)36-39-19-12-9-13-20-39/h9-10,12-15,18-24,26-29,35,40,48,60,64H,11,16-17,25,30-34,36-38H2,1-8H3,(H,56,61)/t48-,55?/m0/s1. The minimum absolute atomic E-state index is 0.0657. The number of unbranched alkanes of at least 4 members (excludes halogenated alkanes) is 2. The molecule has 364 valence electrons. The Kier molecular flexibility index (Phi) is 16.9. The van der Waals surface area contributed by atoms with Crippen LogP contribution >= 0.6 is 0 Å². The maximum atomic E-state index is 14.0. The van der Waals surface area contributed by atoms with Crippen molar-refractivity contribution in [1.29, 1.82) is 0 Å². The predicted molar refractivity (Wildman–Crippen MR) is 269 cm³/mol. The van der Waals surface area contributed by atoms with Crippen molar-refractivity contribution in [3.63, 3.8) is 0 Å². The van der Waals surface area contributed by atoms with Gasteiger partial charge in [-0.3, -0.25) is 14.5 Å². The van der Waals surface area contributed by atoms with Gasteiger partial charge in [0.15, 0.2) is 14.1 Å². The number of pyridine rings is 1. The van der Waals surface area contributed by atoms with Crippen molar-refractivity contribution in [2.45, 2.75) is 122 Å². The van der Waals surface area contributed by atoms with Crippen molar-refractivity contribution in [3.8, 4) is 5.75 Å². The molecule has 2 atom stereocenters. The van der Waals surface area contributed by atoms with Crippen molar-refractivity contribution in [2.75, 3.05) is 32.8 Å². The van der Waals surface area contributed by atoms with Crippen LogP contribution in [0.5, 0.6) is 5.75 Å². The Bertz CT molecular complexity index is 2540. The number of carbonyl (C=O) groups excluding carboxylic acids is 3. The zero-order valence-electron chi connectivity index (χ0n) is 41.2. The average Bonchev–Trinajstić information content (AvgIpc) is 3.30. The van der Waals surface area contributed by atoms with Gasteiger partial charge in [0.25, 0.3) is 0 Å². The van der Waals surface area contributed by atoms with Gasteiger partial charge in [-0.2, -0.15) is 0 Å². The van der Waals surface area contributed by atoms with Crippen LogP contribution in [0.3, 0.4) is 0 Å². The minimum atomic E-state index is -2.46. The maximum absolute atomic E-state index is 14.0. The Hall–Kier alpha value is -5.60. The summed E-state index contributed by atoms with van der Waals surface area (Å²) in [6.45, 7) is 19.5. The quantitative estimate of drug-likeness (QED) is 0.0315. The van der Waals surface area contributed by atoms with Gasteiger partial charge in [0, 0.05) is 42.1 Å². The lowest BCUT2D eigenvalue weighted by Gasteiger charge is -2.41. The number of ketones is 1. The van der Waals surface area contributed by atoms with Crippen LogP contribution < -0.4 is 5.56 Å². The van der Waals surface area contributed by atoms with Crippen LogP contribution in [0.2, 0.25) is 18.1 Å². The van der Waals surface area contributed by atoms with E-state index in [1.807, 2.05) is 45.0 Å². The second-order valence-corrected chi connectivity index (χ2v) is 25.5. The molecule has 0 aliphatic carbocycles.